The molecule has 7 heteroatoms. The van der Waals surface area contributed by atoms with Gasteiger partial charge in [-0.05, 0) is 36.4 Å². The highest BCUT2D eigenvalue weighted by atomic mass is 16.2. The second-order valence-corrected chi connectivity index (χ2v) is 5.41. The molecule has 0 radical (unpaired) electrons. The molecule has 0 aliphatic rings. The summed E-state index contributed by atoms with van der Waals surface area (Å²) in [6.45, 7) is 4.80. The highest BCUT2D eigenvalue weighted by Gasteiger charge is 2.26. The Labute approximate surface area is 123 Å². The van der Waals surface area contributed by atoms with Gasteiger partial charge in [-0.2, -0.15) is 4.68 Å². The predicted molar refractivity (Wildman–Crippen MR) is 78.7 cm³/mol. The van der Waals surface area contributed by atoms with Crippen LogP contribution in [0.1, 0.15) is 19.7 Å². The molecule has 0 saturated carbocycles. The molecule has 2 N–H and O–H groups in total. The monoisotopic (exact) mass is 288 g/mol. The van der Waals surface area contributed by atoms with E-state index in [0.29, 0.717) is 18.9 Å². The number of hydrogen-bond donors (Lipinski definition) is 2. The first-order chi connectivity index (χ1) is 10.0. The van der Waals surface area contributed by atoms with Gasteiger partial charge in [0.05, 0.1) is 17.6 Å². The van der Waals surface area contributed by atoms with E-state index in [1.165, 1.54) is 0 Å². The lowest BCUT2D eigenvalue weighted by Gasteiger charge is -2.22. The summed E-state index contributed by atoms with van der Waals surface area (Å²) in [5.41, 5.74) is 0.421. The van der Waals surface area contributed by atoms with Gasteiger partial charge in [-0.25, -0.2) is 0 Å². The number of nitrogens with zero attached hydrogens (tertiary/aromatic N) is 4. The molecule has 112 valence electrons. The van der Waals surface area contributed by atoms with Gasteiger partial charge in [0.1, 0.15) is 0 Å². The number of aromatic nitrogens is 4. The lowest BCUT2D eigenvalue weighted by Crippen LogP contribution is -2.42. The van der Waals surface area contributed by atoms with Crippen molar-refractivity contribution in [1.29, 1.82) is 0 Å². The quantitative estimate of drug-likeness (QED) is 0.809. The molecule has 1 aromatic carbocycles. The standard InChI is InChI=1S/C14H20N6O/c1-14(2,13(21)15-3)10-16-9-12-17-18-19-20(12)11-7-5-4-6-8-11/h4-8,16H,9-10H2,1-3H3,(H,15,21). The van der Waals surface area contributed by atoms with E-state index < -0.39 is 5.41 Å². The maximum Gasteiger partial charge on any atom is 0.226 e. The number of para-hydroxylation sites is 1. The highest BCUT2D eigenvalue weighted by Crippen LogP contribution is 2.13. The lowest BCUT2D eigenvalue weighted by molar-refractivity contribution is -0.128. The largest absolute Gasteiger partial charge is 0.359 e. The van der Waals surface area contributed by atoms with E-state index in [4.69, 9.17) is 0 Å². The molecule has 2 aromatic rings. The average molecular weight is 288 g/mol. The first kappa shape index (κ1) is 15.1. The van der Waals surface area contributed by atoms with Gasteiger partial charge in [0.25, 0.3) is 0 Å². The van der Waals surface area contributed by atoms with Crippen molar-refractivity contribution < 1.29 is 4.79 Å². The number of amides is 1. The zero-order valence-corrected chi connectivity index (χ0v) is 12.5. The molecule has 0 unspecified atom stereocenters. The van der Waals surface area contributed by atoms with Crippen molar-refractivity contribution in [3.05, 3.63) is 36.2 Å². The SMILES string of the molecule is CNC(=O)C(C)(C)CNCc1nnnn1-c1ccccc1. The number of nitrogens with one attached hydrogen (secondary N) is 2. The van der Waals surface area contributed by atoms with Gasteiger partial charge in [0.2, 0.25) is 5.91 Å². The summed E-state index contributed by atoms with van der Waals surface area (Å²) in [7, 11) is 1.64. The molecule has 0 saturated heterocycles. The van der Waals surface area contributed by atoms with E-state index in [9.17, 15) is 4.79 Å². The minimum atomic E-state index is -0.486. The minimum absolute atomic E-state index is 0.00217. The topological polar surface area (TPSA) is 84.7 Å². The molecule has 0 bridgehead atoms. The normalized spacial score (nSPS) is 11.4. The molecule has 0 aliphatic carbocycles. The molecule has 7 nitrogen and oxygen atoms in total. The van der Waals surface area contributed by atoms with Crippen LogP contribution in [-0.4, -0.2) is 39.7 Å². The van der Waals surface area contributed by atoms with Gasteiger partial charge < -0.3 is 10.6 Å². The van der Waals surface area contributed by atoms with E-state index in [0.717, 1.165) is 5.69 Å². The Bertz CT molecular complexity index is 593. The summed E-state index contributed by atoms with van der Waals surface area (Å²) in [4.78, 5) is 11.7. The number of hydrogen-bond acceptors (Lipinski definition) is 5. The molecule has 0 fully saturated rings. The fourth-order valence-electron chi connectivity index (χ4n) is 1.99. The third kappa shape index (κ3) is 3.63. The summed E-state index contributed by atoms with van der Waals surface area (Å²) in [5.74, 6) is 0.701. The summed E-state index contributed by atoms with van der Waals surface area (Å²) in [5, 5.41) is 17.6. The molecular formula is C14H20N6O. The Morgan fingerprint density at radius 1 is 1.29 bits per heavy atom. The van der Waals surface area contributed by atoms with E-state index >= 15 is 0 Å². The summed E-state index contributed by atoms with van der Waals surface area (Å²) in [6.07, 6.45) is 0. The van der Waals surface area contributed by atoms with Crippen LogP contribution >= 0.6 is 0 Å². The molecule has 21 heavy (non-hydrogen) atoms. The lowest BCUT2D eigenvalue weighted by atomic mass is 9.92. The first-order valence-electron chi connectivity index (χ1n) is 6.80. The van der Waals surface area contributed by atoms with Crippen molar-refractivity contribution in [1.82, 2.24) is 30.8 Å². The number of carbonyl (C=O) groups excluding carboxylic acids is 1. The number of benzene rings is 1. The van der Waals surface area contributed by atoms with Crippen molar-refractivity contribution in [3.63, 3.8) is 0 Å². The van der Waals surface area contributed by atoms with Crippen LogP contribution in [0.4, 0.5) is 0 Å². The molecule has 0 aliphatic heterocycles. The van der Waals surface area contributed by atoms with Crippen molar-refractivity contribution in [3.8, 4) is 5.69 Å². The molecule has 0 atom stereocenters. The summed E-state index contributed by atoms with van der Waals surface area (Å²) >= 11 is 0. The van der Waals surface area contributed by atoms with Gasteiger partial charge in [-0.3, -0.25) is 4.79 Å². The highest BCUT2D eigenvalue weighted by molar-refractivity contribution is 5.81. The maximum atomic E-state index is 11.7. The van der Waals surface area contributed by atoms with Crippen LogP contribution in [0.3, 0.4) is 0 Å². The predicted octanol–water partition coefficient (Wildman–Crippen LogP) is 0.524. The molecule has 1 amide bonds. The average Bonchev–Trinajstić information content (AvgIpc) is 2.95. The van der Waals surface area contributed by atoms with E-state index in [1.807, 2.05) is 44.2 Å². The van der Waals surface area contributed by atoms with Crippen LogP contribution < -0.4 is 10.6 Å². The fraction of sp³-hybridized carbons (Fsp3) is 0.429. The van der Waals surface area contributed by atoms with E-state index in [-0.39, 0.29) is 5.91 Å². The van der Waals surface area contributed by atoms with Crippen LogP contribution in [0, 0.1) is 5.41 Å². The van der Waals surface area contributed by atoms with Crippen LogP contribution in [0.2, 0.25) is 0 Å². The van der Waals surface area contributed by atoms with Crippen LogP contribution in [0.5, 0.6) is 0 Å². The van der Waals surface area contributed by atoms with Crippen molar-refractivity contribution in [2.24, 2.45) is 5.41 Å². The Kier molecular flexibility index (Phi) is 4.64. The Balaban J connectivity index is 2.00. The smallest absolute Gasteiger partial charge is 0.226 e. The van der Waals surface area contributed by atoms with Gasteiger partial charge in [0, 0.05) is 13.6 Å². The second kappa shape index (κ2) is 6.45. The first-order valence-corrected chi connectivity index (χ1v) is 6.80. The second-order valence-electron chi connectivity index (χ2n) is 5.41. The molecule has 1 heterocycles. The third-order valence-electron chi connectivity index (χ3n) is 3.23. The zero-order valence-electron chi connectivity index (χ0n) is 12.5. The fourth-order valence-corrected chi connectivity index (χ4v) is 1.99. The zero-order chi connectivity index (χ0) is 15.3. The summed E-state index contributed by atoms with van der Waals surface area (Å²) < 4.78 is 1.68. The van der Waals surface area contributed by atoms with Gasteiger partial charge in [-0.1, -0.05) is 18.2 Å². The van der Waals surface area contributed by atoms with Crippen molar-refractivity contribution >= 4 is 5.91 Å². The van der Waals surface area contributed by atoms with Gasteiger partial charge in [-0.15, -0.1) is 5.10 Å². The Morgan fingerprint density at radius 3 is 2.67 bits per heavy atom. The van der Waals surface area contributed by atoms with Crippen molar-refractivity contribution in [2.45, 2.75) is 20.4 Å². The molecule has 1 aromatic heterocycles. The number of carbonyl (C=O) groups is 1. The van der Waals surface area contributed by atoms with Crippen molar-refractivity contribution in [2.75, 3.05) is 13.6 Å². The van der Waals surface area contributed by atoms with E-state index in [2.05, 4.69) is 26.2 Å². The summed E-state index contributed by atoms with van der Waals surface area (Å²) in [6, 6.07) is 9.69. The van der Waals surface area contributed by atoms with Gasteiger partial charge >= 0.3 is 0 Å². The number of rotatable bonds is 6. The van der Waals surface area contributed by atoms with Crippen LogP contribution in [0.15, 0.2) is 30.3 Å². The van der Waals surface area contributed by atoms with E-state index in [1.54, 1.807) is 11.7 Å². The third-order valence-corrected chi connectivity index (χ3v) is 3.23. The Morgan fingerprint density at radius 2 is 2.00 bits per heavy atom. The maximum absolute atomic E-state index is 11.7. The molecule has 0 spiro atoms. The number of tetrazole rings is 1. The molecule has 2 rings (SSSR count). The van der Waals surface area contributed by atoms with Crippen LogP contribution in [-0.2, 0) is 11.3 Å². The molecular weight excluding hydrogens is 268 g/mol. The van der Waals surface area contributed by atoms with Gasteiger partial charge in [0.15, 0.2) is 5.82 Å². The minimum Gasteiger partial charge on any atom is -0.359 e. The Hall–Kier alpha value is -2.28. The van der Waals surface area contributed by atoms with Crippen LogP contribution in [0.25, 0.3) is 5.69 Å².